The van der Waals surface area contributed by atoms with E-state index in [1.165, 1.54) is 0 Å². The molecule has 0 N–H and O–H groups in total. The summed E-state index contributed by atoms with van der Waals surface area (Å²) in [5.74, 6) is -1.12. The van der Waals surface area contributed by atoms with Crippen LogP contribution in [0.5, 0.6) is 0 Å². The van der Waals surface area contributed by atoms with Gasteiger partial charge in [0, 0.05) is 11.1 Å². The second kappa shape index (κ2) is 4.13. The van der Waals surface area contributed by atoms with Gasteiger partial charge in [-0.2, -0.15) is 0 Å². The molecule has 0 radical (unpaired) electrons. The number of ether oxygens (including phenoxy) is 2. The fraction of sp³-hybridized carbons (Fsp3) is 0.250. The number of carbonyl (C=O) groups is 2. The molecule has 1 aromatic carbocycles. The molecule has 1 aliphatic carbocycles. The molecule has 0 saturated carbocycles. The summed E-state index contributed by atoms with van der Waals surface area (Å²) in [4.78, 5) is 25.0. The van der Waals surface area contributed by atoms with E-state index in [0.29, 0.717) is 30.1 Å². The van der Waals surface area contributed by atoms with Gasteiger partial charge in [0.15, 0.2) is 17.3 Å². The van der Waals surface area contributed by atoms with Crippen LogP contribution in [0.2, 0.25) is 0 Å². The largest absolute Gasteiger partial charge is 0.451 e. The lowest BCUT2D eigenvalue weighted by molar-refractivity contribution is -0.163. The zero-order chi connectivity index (χ0) is 14.6. The van der Waals surface area contributed by atoms with Crippen molar-refractivity contribution in [3.05, 3.63) is 58.5 Å². The van der Waals surface area contributed by atoms with E-state index in [1.807, 2.05) is 0 Å². The molecule has 1 saturated heterocycles. The van der Waals surface area contributed by atoms with Crippen molar-refractivity contribution in [2.24, 2.45) is 0 Å². The van der Waals surface area contributed by atoms with Crippen molar-refractivity contribution in [2.45, 2.75) is 12.7 Å². The molecule has 0 atom stereocenters. The van der Waals surface area contributed by atoms with E-state index in [0.717, 1.165) is 0 Å². The zero-order valence-corrected chi connectivity index (χ0v) is 11.3. The first-order valence-electron chi connectivity index (χ1n) is 6.71. The van der Waals surface area contributed by atoms with E-state index in [1.54, 1.807) is 37.3 Å². The van der Waals surface area contributed by atoms with Gasteiger partial charge < -0.3 is 13.9 Å². The topological polar surface area (TPSA) is 65.7 Å². The number of fused-ring (bicyclic) bond motifs is 2. The molecule has 0 amide bonds. The number of furan rings is 1. The molecule has 5 nitrogen and oxygen atoms in total. The summed E-state index contributed by atoms with van der Waals surface area (Å²) < 4.78 is 16.6. The van der Waals surface area contributed by atoms with Gasteiger partial charge in [0.25, 0.3) is 0 Å². The highest BCUT2D eigenvalue weighted by Crippen LogP contribution is 2.37. The second-order valence-electron chi connectivity index (χ2n) is 5.20. The van der Waals surface area contributed by atoms with Crippen LogP contribution in [0.1, 0.15) is 44.7 Å². The minimum absolute atomic E-state index is 0.0639. The highest BCUT2D eigenvalue weighted by molar-refractivity contribution is 6.27. The van der Waals surface area contributed by atoms with Crippen LogP contribution >= 0.6 is 0 Å². The molecule has 21 heavy (non-hydrogen) atoms. The molecule has 2 aromatic rings. The Kier molecular flexibility index (Phi) is 2.46. The first-order valence-corrected chi connectivity index (χ1v) is 6.71. The van der Waals surface area contributed by atoms with Crippen LogP contribution in [0.4, 0.5) is 0 Å². The molecular weight excluding hydrogens is 272 g/mol. The van der Waals surface area contributed by atoms with Gasteiger partial charge in [-0.15, -0.1) is 0 Å². The van der Waals surface area contributed by atoms with Gasteiger partial charge in [-0.05, 0) is 13.0 Å². The standard InChI is InChI=1S/C16H12O5/c1-16(19-6-7-20-16)12-8-11-13(17)9-4-2-3-5-10(9)14(18)15(11)21-12/h2-5,8H,6-7H2,1H3. The normalized spacial score (nSPS) is 19.5. The Balaban J connectivity index is 1.87. The average molecular weight is 284 g/mol. The van der Waals surface area contributed by atoms with Crippen LogP contribution in [-0.4, -0.2) is 24.8 Å². The molecule has 4 rings (SSSR count). The number of hydrogen-bond donors (Lipinski definition) is 0. The zero-order valence-electron chi connectivity index (χ0n) is 11.3. The monoisotopic (exact) mass is 284 g/mol. The number of ketones is 2. The Hall–Kier alpha value is -2.24. The maximum absolute atomic E-state index is 12.5. The minimum Gasteiger partial charge on any atom is -0.451 e. The fourth-order valence-corrected chi connectivity index (χ4v) is 2.76. The van der Waals surface area contributed by atoms with E-state index in [2.05, 4.69) is 0 Å². The summed E-state index contributed by atoms with van der Waals surface area (Å²) in [5, 5.41) is 0. The first kappa shape index (κ1) is 12.5. The first-order chi connectivity index (χ1) is 10.1. The van der Waals surface area contributed by atoms with Crippen LogP contribution in [-0.2, 0) is 15.3 Å². The number of carbonyl (C=O) groups excluding carboxylic acids is 2. The van der Waals surface area contributed by atoms with E-state index in [-0.39, 0.29) is 22.9 Å². The Labute approximate surface area is 120 Å². The Morgan fingerprint density at radius 3 is 2.24 bits per heavy atom. The van der Waals surface area contributed by atoms with E-state index < -0.39 is 5.79 Å². The molecule has 1 aliphatic heterocycles. The van der Waals surface area contributed by atoms with Gasteiger partial charge >= 0.3 is 0 Å². The maximum atomic E-state index is 12.5. The van der Waals surface area contributed by atoms with Gasteiger partial charge in [0.05, 0.1) is 18.8 Å². The highest BCUT2D eigenvalue weighted by Gasteiger charge is 2.41. The lowest BCUT2D eigenvalue weighted by atomic mass is 9.88. The Morgan fingerprint density at radius 2 is 1.57 bits per heavy atom. The Morgan fingerprint density at radius 1 is 0.952 bits per heavy atom. The van der Waals surface area contributed by atoms with Gasteiger partial charge in [0.2, 0.25) is 11.6 Å². The molecule has 2 aliphatic rings. The molecule has 0 spiro atoms. The molecule has 1 aromatic heterocycles. The number of hydrogen-bond acceptors (Lipinski definition) is 5. The van der Waals surface area contributed by atoms with Crippen molar-refractivity contribution >= 4 is 11.6 Å². The molecule has 1 fully saturated rings. The van der Waals surface area contributed by atoms with Gasteiger partial charge in [-0.25, -0.2) is 0 Å². The van der Waals surface area contributed by atoms with Gasteiger partial charge in [-0.3, -0.25) is 9.59 Å². The third-order valence-electron chi connectivity index (χ3n) is 3.89. The summed E-state index contributed by atoms with van der Waals surface area (Å²) in [6.45, 7) is 2.61. The maximum Gasteiger partial charge on any atom is 0.229 e. The lowest BCUT2D eigenvalue weighted by Gasteiger charge is -2.18. The smallest absolute Gasteiger partial charge is 0.229 e. The third kappa shape index (κ3) is 1.65. The SMILES string of the molecule is CC1(c2cc3c(o2)C(=O)c2ccccc2C3=O)OCCO1. The fourth-order valence-electron chi connectivity index (χ4n) is 2.76. The van der Waals surface area contributed by atoms with Crippen LogP contribution in [0.3, 0.4) is 0 Å². The summed E-state index contributed by atoms with van der Waals surface area (Å²) in [6, 6.07) is 8.29. The summed E-state index contributed by atoms with van der Waals surface area (Å²) >= 11 is 0. The quantitative estimate of drug-likeness (QED) is 0.686. The van der Waals surface area contributed by atoms with Crippen molar-refractivity contribution in [1.82, 2.24) is 0 Å². The molecular formula is C16H12O5. The summed E-state index contributed by atoms with van der Waals surface area (Å²) in [5.41, 5.74) is 1.05. The van der Waals surface area contributed by atoms with E-state index in [9.17, 15) is 9.59 Å². The van der Waals surface area contributed by atoms with Crippen molar-refractivity contribution < 1.29 is 23.5 Å². The number of rotatable bonds is 1. The predicted octanol–water partition coefficient (Wildman–Crippen LogP) is 2.27. The molecule has 2 heterocycles. The van der Waals surface area contributed by atoms with Crippen LogP contribution in [0.15, 0.2) is 34.7 Å². The number of benzene rings is 1. The predicted molar refractivity (Wildman–Crippen MR) is 71.3 cm³/mol. The van der Waals surface area contributed by atoms with Gasteiger partial charge in [0.1, 0.15) is 0 Å². The molecule has 5 heteroatoms. The second-order valence-corrected chi connectivity index (χ2v) is 5.20. The highest BCUT2D eigenvalue weighted by atomic mass is 16.7. The molecule has 0 bridgehead atoms. The third-order valence-corrected chi connectivity index (χ3v) is 3.89. The average Bonchev–Trinajstić information content (AvgIpc) is 3.12. The summed E-state index contributed by atoms with van der Waals surface area (Å²) in [6.07, 6.45) is 0. The minimum atomic E-state index is -1.04. The van der Waals surface area contributed by atoms with Crippen molar-refractivity contribution in [1.29, 1.82) is 0 Å². The van der Waals surface area contributed by atoms with Crippen molar-refractivity contribution in [3.63, 3.8) is 0 Å². The van der Waals surface area contributed by atoms with E-state index >= 15 is 0 Å². The van der Waals surface area contributed by atoms with Crippen LogP contribution < -0.4 is 0 Å². The van der Waals surface area contributed by atoms with Crippen LogP contribution in [0, 0.1) is 0 Å². The van der Waals surface area contributed by atoms with E-state index in [4.69, 9.17) is 13.9 Å². The van der Waals surface area contributed by atoms with Crippen molar-refractivity contribution in [2.75, 3.05) is 13.2 Å². The summed E-state index contributed by atoms with van der Waals surface area (Å²) in [7, 11) is 0. The Bertz CT molecular complexity index is 712. The van der Waals surface area contributed by atoms with Crippen LogP contribution in [0.25, 0.3) is 0 Å². The molecule has 106 valence electrons. The van der Waals surface area contributed by atoms with Gasteiger partial charge in [-0.1, -0.05) is 24.3 Å². The lowest BCUT2D eigenvalue weighted by Crippen LogP contribution is -2.21. The van der Waals surface area contributed by atoms with Crippen molar-refractivity contribution in [3.8, 4) is 0 Å². The molecule has 0 unspecified atom stereocenters.